The van der Waals surface area contributed by atoms with Crippen LogP contribution in [-0.4, -0.2) is 14.8 Å². The highest BCUT2D eigenvalue weighted by atomic mass is 19.1. The molecule has 2 rings (SSSR count). The molecule has 1 aromatic heterocycles. The lowest BCUT2D eigenvalue weighted by molar-refractivity contribution is 0.626. The van der Waals surface area contributed by atoms with Crippen molar-refractivity contribution in [3.63, 3.8) is 0 Å². The van der Waals surface area contributed by atoms with Crippen molar-refractivity contribution in [3.8, 4) is 0 Å². The van der Waals surface area contributed by atoms with Crippen LogP contribution in [0.3, 0.4) is 0 Å². The smallest absolute Gasteiger partial charge is 0.221 e. The molecule has 0 atom stereocenters. The van der Waals surface area contributed by atoms with Crippen LogP contribution in [0.15, 0.2) is 24.3 Å². The fourth-order valence-corrected chi connectivity index (χ4v) is 1.50. The molecule has 0 saturated heterocycles. The second-order valence-electron chi connectivity index (χ2n) is 3.66. The second kappa shape index (κ2) is 4.30. The minimum atomic E-state index is -0.216. The lowest BCUT2D eigenvalue weighted by Gasteiger charge is -2.02. The van der Waals surface area contributed by atoms with Crippen molar-refractivity contribution in [2.24, 2.45) is 7.05 Å². The topological polar surface area (TPSA) is 56.7 Å². The molecular weight excluding hydrogens is 207 g/mol. The molecule has 2 N–H and O–H groups in total. The van der Waals surface area contributed by atoms with E-state index in [-0.39, 0.29) is 5.82 Å². The largest absolute Gasteiger partial charge is 0.368 e. The summed E-state index contributed by atoms with van der Waals surface area (Å²) in [5.41, 5.74) is 6.64. The average Bonchev–Trinajstić information content (AvgIpc) is 2.60. The van der Waals surface area contributed by atoms with E-state index in [2.05, 4.69) is 10.2 Å². The summed E-state index contributed by atoms with van der Waals surface area (Å²) in [5.74, 6) is 1.03. The Labute approximate surface area is 92.9 Å². The van der Waals surface area contributed by atoms with E-state index in [4.69, 9.17) is 5.73 Å². The number of anilines is 1. The van der Waals surface area contributed by atoms with Crippen LogP contribution in [0, 0.1) is 5.82 Å². The number of hydrogen-bond acceptors (Lipinski definition) is 3. The normalized spacial score (nSPS) is 10.6. The predicted octanol–water partition coefficient (Wildman–Crippen LogP) is 1.32. The van der Waals surface area contributed by atoms with Crippen molar-refractivity contribution in [3.05, 3.63) is 41.5 Å². The van der Waals surface area contributed by atoms with Gasteiger partial charge in [-0.25, -0.2) is 4.39 Å². The number of hydrogen-bond donors (Lipinski definition) is 1. The molecule has 0 aliphatic rings. The third kappa shape index (κ3) is 2.18. The van der Waals surface area contributed by atoms with Crippen LogP contribution in [0.5, 0.6) is 0 Å². The van der Waals surface area contributed by atoms with Gasteiger partial charge in [-0.1, -0.05) is 12.1 Å². The van der Waals surface area contributed by atoms with E-state index in [9.17, 15) is 4.39 Å². The van der Waals surface area contributed by atoms with Gasteiger partial charge >= 0.3 is 0 Å². The Morgan fingerprint density at radius 3 is 2.44 bits per heavy atom. The van der Waals surface area contributed by atoms with Gasteiger partial charge in [0.1, 0.15) is 11.6 Å². The first-order valence-electron chi connectivity index (χ1n) is 5.05. The highest BCUT2D eigenvalue weighted by Crippen LogP contribution is 2.08. The zero-order chi connectivity index (χ0) is 11.5. The van der Waals surface area contributed by atoms with Gasteiger partial charge in [0.05, 0.1) is 0 Å². The van der Waals surface area contributed by atoms with Gasteiger partial charge in [0.25, 0.3) is 0 Å². The van der Waals surface area contributed by atoms with Gasteiger partial charge in [-0.05, 0) is 24.1 Å². The van der Waals surface area contributed by atoms with E-state index in [0.29, 0.717) is 5.95 Å². The van der Waals surface area contributed by atoms with Gasteiger partial charge in [-0.3, -0.25) is 0 Å². The van der Waals surface area contributed by atoms with Crippen LogP contribution in [-0.2, 0) is 19.9 Å². The van der Waals surface area contributed by atoms with E-state index >= 15 is 0 Å². The quantitative estimate of drug-likeness (QED) is 0.848. The number of rotatable bonds is 3. The standard InChI is InChI=1S/C11H13FN4/c1-16-10(14-15-11(16)13)7-4-8-2-5-9(12)6-3-8/h2-3,5-6H,4,7H2,1H3,(H2,13,15). The predicted molar refractivity (Wildman–Crippen MR) is 59.2 cm³/mol. The first-order valence-corrected chi connectivity index (χ1v) is 5.05. The van der Waals surface area contributed by atoms with E-state index in [1.807, 2.05) is 7.05 Å². The Morgan fingerprint density at radius 2 is 1.88 bits per heavy atom. The third-order valence-electron chi connectivity index (χ3n) is 2.55. The van der Waals surface area contributed by atoms with E-state index < -0.39 is 0 Å². The summed E-state index contributed by atoms with van der Waals surface area (Å²) >= 11 is 0. The summed E-state index contributed by atoms with van der Waals surface area (Å²) in [6.45, 7) is 0. The van der Waals surface area contributed by atoms with Gasteiger partial charge in [-0.15, -0.1) is 10.2 Å². The fraction of sp³-hybridized carbons (Fsp3) is 0.273. The van der Waals surface area contributed by atoms with Crippen molar-refractivity contribution in [2.75, 3.05) is 5.73 Å². The fourth-order valence-electron chi connectivity index (χ4n) is 1.50. The highest BCUT2D eigenvalue weighted by molar-refractivity contribution is 5.19. The van der Waals surface area contributed by atoms with Crippen LogP contribution in [0.2, 0.25) is 0 Å². The van der Waals surface area contributed by atoms with E-state index in [1.54, 1.807) is 16.7 Å². The SMILES string of the molecule is Cn1c(N)nnc1CCc1ccc(F)cc1. The van der Waals surface area contributed by atoms with E-state index in [1.165, 1.54) is 12.1 Å². The molecule has 0 aliphatic heterocycles. The van der Waals surface area contributed by atoms with Crippen molar-refractivity contribution in [2.45, 2.75) is 12.8 Å². The molecular formula is C11H13FN4. The molecule has 84 valence electrons. The molecule has 0 amide bonds. The first-order chi connectivity index (χ1) is 7.66. The lowest BCUT2D eigenvalue weighted by atomic mass is 10.1. The Hall–Kier alpha value is -1.91. The summed E-state index contributed by atoms with van der Waals surface area (Å²) in [5, 5.41) is 7.74. The Bertz CT molecular complexity index is 475. The summed E-state index contributed by atoms with van der Waals surface area (Å²) in [7, 11) is 1.83. The summed E-state index contributed by atoms with van der Waals surface area (Å²) < 4.78 is 14.4. The van der Waals surface area contributed by atoms with Crippen molar-refractivity contribution in [1.29, 1.82) is 0 Å². The molecule has 4 nitrogen and oxygen atoms in total. The zero-order valence-corrected chi connectivity index (χ0v) is 9.02. The summed E-state index contributed by atoms with van der Waals surface area (Å²) in [6.07, 6.45) is 1.54. The highest BCUT2D eigenvalue weighted by Gasteiger charge is 2.05. The number of benzene rings is 1. The summed E-state index contributed by atoms with van der Waals surface area (Å²) in [4.78, 5) is 0. The second-order valence-corrected chi connectivity index (χ2v) is 3.66. The monoisotopic (exact) mass is 220 g/mol. The van der Waals surface area contributed by atoms with Gasteiger partial charge < -0.3 is 10.3 Å². The molecule has 1 aromatic carbocycles. The number of aromatic nitrogens is 3. The molecule has 0 fully saturated rings. The minimum Gasteiger partial charge on any atom is -0.368 e. The number of nitrogen functional groups attached to an aromatic ring is 1. The molecule has 0 spiro atoms. The molecule has 16 heavy (non-hydrogen) atoms. The molecule has 0 radical (unpaired) electrons. The average molecular weight is 220 g/mol. The van der Waals surface area contributed by atoms with Crippen LogP contribution in [0.25, 0.3) is 0 Å². The lowest BCUT2D eigenvalue weighted by Crippen LogP contribution is -2.03. The third-order valence-corrected chi connectivity index (χ3v) is 2.55. The van der Waals surface area contributed by atoms with Gasteiger partial charge in [-0.2, -0.15) is 0 Å². The van der Waals surface area contributed by atoms with Crippen LogP contribution >= 0.6 is 0 Å². The van der Waals surface area contributed by atoms with Crippen molar-refractivity contribution < 1.29 is 4.39 Å². The Balaban J connectivity index is 2.02. The zero-order valence-electron chi connectivity index (χ0n) is 9.02. The summed E-state index contributed by atoms with van der Waals surface area (Å²) in [6, 6.07) is 6.46. The maximum atomic E-state index is 12.7. The van der Waals surface area contributed by atoms with Crippen LogP contribution in [0.4, 0.5) is 10.3 Å². The Kier molecular flexibility index (Phi) is 2.85. The maximum absolute atomic E-state index is 12.7. The van der Waals surface area contributed by atoms with Crippen molar-refractivity contribution in [1.82, 2.24) is 14.8 Å². The molecule has 0 saturated carbocycles. The number of nitrogens with zero attached hydrogens (tertiary/aromatic N) is 3. The molecule has 2 aromatic rings. The number of aryl methyl sites for hydroxylation is 2. The number of nitrogens with two attached hydrogens (primary N) is 1. The minimum absolute atomic E-state index is 0.216. The Morgan fingerprint density at radius 1 is 1.19 bits per heavy atom. The van der Waals surface area contributed by atoms with Crippen LogP contribution in [0.1, 0.15) is 11.4 Å². The van der Waals surface area contributed by atoms with Crippen molar-refractivity contribution >= 4 is 5.95 Å². The molecule has 0 unspecified atom stereocenters. The van der Waals surface area contributed by atoms with Gasteiger partial charge in [0.15, 0.2) is 0 Å². The molecule has 0 aliphatic carbocycles. The number of halogens is 1. The molecule has 1 heterocycles. The maximum Gasteiger partial charge on any atom is 0.221 e. The molecule has 0 bridgehead atoms. The van der Waals surface area contributed by atoms with E-state index in [0.717, 1.165) is 24.2 Å². The van der Waals surface area contributed by atoms with Crippen LogP contribution < -0.4 is 5.73 Å². The van der Waals surface area contributed by atoms with Gasteiger partial charge in [0.2, 0.25) is 5.95 Å². The van der Waals surface area contributed by atoms with Gasteiger partial charge in [0, 0.05) is 13.5 Å². The first kappa shape index (κ1) is 10.6. The molecule has 5 heteroatoms.